The molecule has 0 bridgehead atoms. The van der Waals surface area contributed by atoms with Gasteiger partial charge in [0.05, 0.1) is 17.0 Å². The largest absolute Gasteiger partial charge is 0.234 e. The summed E-state index contributed by atoms with van der Waals surface area (Å²) in [7, 11) is 0. The van der Waals surface area contributed by atoms with Gasteiger partial charge in [-0.1, -0.05) is 18.2 Å². The molecule has 12 heavy (non-hydrogen) atoms. The fourth-order valence-electron chi connectivity index (χ4n) is 0.960. The molecule has 1 heterocycles. The van der Waals surface area contributed by atoms with Gasteiger partial charge in [-0.2, -0.15) is 0 Å². The lowest BCUT2D eigenvalue weighted by atomic mass is 10.3. The van der Waals surface area contributed by atoms with E-state index in [0.717, 1.165) is 17.3 Å². The summed E-state index contributed by atoms with van der Waals surface area (Å²) in [6.07, 6.45) is 0. The van der Waals surface area contributed by atoms with Crippen LogP contribution in [0.1, 0.15) is 0 Å². The van der Waals surface area contributed by atoms with Crippen molar-refractivity contribution in [3.05, 3.63) is 30.3 Å². The Morgan fingerprint density at radius 1 is 1.25 bits per heavy atom. The molecule has 1 aliphatic heterocycles. The fraction of sp³-hybridized carbons (Fsp3) is 0.111. The van der Waals surface area contributed by atoms with Crippen LogP contribution in [-0.2, 0) is 0 Å². The number of aliphatic imine (C=N–C) groups is 2. The summed E-state index contributed by atoms with van der Waals surface area (Å²) in [6, 6.07) is 9.89. The molecule has 1 aliphatic rings. The SMILES string of the molecule is C1=NC(=Nc2ccccc2)CS1. The Bertz CT molecular complexity index is 317. The molecule has 3 heteroatoms. The Hall–Kier alpha value is -1.09. The second-order valence-corrected chi connectivity index (χ2v) is 3.24. The lowest BCUT2D eigenvalue weighted by Gasteiger charge is -1.92. The van der Waals surface area contributed by atoms with Crippen LogP contribution in [0.4, 0.5) is 5.69 Å². The third kappa shape index (κ3) is 1.74. The minimum Gasteiger partial charge on any atom is -0.234 e. The smallest absolute Gasteiger partial charge is 0.139 e. The predicted molar refractivity (Wildman–Crippen MR) is 54.5 cm³/mol. The monoisotopic (exact) mass is 176 g/mol. The van der Waals surface area contributed by atoms with E-state index in [1.807, 2.05) is 35.9 Å². The molecule has 1 aromatic rings. The third-order valence-electron chi connectivity index (χ3n) is 1.50. The zero-order chi connectivity index (χ0) is 8.23. The number of hydrogen-bond acceptors (Lipinski definition) is 2. The quantitative estimate of drug-likeness (QED) is 0.645. The third-order valence-corrected chi connectivity index (χ3v) is 2.18. The van der Waals surface area contributed by atoms with Crippen LogP contribution in [-0.4, -0.2) is 17.1 Å². The van der Waals surface area contributed by atoms with Crippen LogP contribution in [0.15, 0.2) is 40.3 Å². The van der Waals surface area contributed by atoms with Crippen molar-refractivity contribution < 1.29 is 0 Å². The highest BCUT2D eigenvalue weighted by molar-refractivity contribution is 8.13. The molecule has 0 atom stereocenters. The molecule has 2 nitrogen and oxygen atoms in total. The molecule has 0 unspecified atom stereocenters. The summed E-state index contributed by atoms with van der Waals surface area (Å²) in [5.41, 5.74) is 2.81. The number of amidine groups is 1. The standard InChI is InChI=1S/C9H8N2S/c1-2-4-8(5-3-1)11-9-6-12-7-10-9/h1-5,7H,6H2. The van der Waals surface area contributed by atoms with Crippen molar-refractivity contribution in [1.82, 2.24) is 0 Å². The molecule has 0 aromatic heterocycles. The van der Waals surface area contributed by atoms with Crippen molar-refractivity contribution in [2.75, 3.05) is 5.75 Å². The maximum Gasteiger partial charge on any atom is 0.139 e. The summed E-state index contributed by atoms with van der Waals surface area (Å²) in [4.78, 5) is 8.47. The highest BCUT2D eigenvalue weighted by Gasteiger charge is 2.01. The van der Waals surface area contributed by atoms with E-state index in [0.29, 0.717) is 0 Å². The van der Waals surface area contributed by atoms with Gasteiger partial charge in [0, 0.05) is 0 Å². The Labute approximate surface area is 75.4 Å². The number of hydrogen-bond donors (Lipinski definition) is 0. The summed E-state index contributed by atoms with van der Waals surface area (Å²) < 4.78 is 0. The molecular weight excluding hydrogens is 168 g/mol. The van der Waals surface area contributed by atoms with Crippen LogP contribution >= 0.6 is 11.8 Å². The van der Waals surface area contributed by atoms with Gasteiger partial charge >= 0.3 is 0 Å². The van der Waals surface area contributed by atoms with Crippen LogP contribution < -0.4 is 0 Å². The van der Waals surface area contributed by atoms with Gasteiger partial charge in [-0.05, 0) is 12.1 Å². The van der Waals surface area contributed by atoms with Crippen LogP contribution in [0, 0.1) is 0 Å². The van der Waals surface area contributed by atoms with Gasteiger partial charge in [-0.3, -0.25) is 0 Å². The molecular formula is C9H8N2S. The van der Waals surface area contributed by atoms with Crippen molar-refractivity contribution in [3.63, 3.8) is 0 Å². The van der Waals surface area contributed by atoms with E-state index in [2.05, 4.69) is 9.98 Å². The van der Waals surface area contributed by atoms with Gasteiger partial charge in [0.1, 0.15) is 5.84 Å². The van der Waals surface area contributed by atoms with Gasteiger partial charge in [0.2, 0.25) is 0 Å². The maximum absolute atomic E-state index is 4.36. The van der Waals surface area contributed by atoms with Crippen molar-refractivity contribution in [3.8, 4) is 0 Å². The van der Waals surface area contributed by atoms with E-state index < -0.39 is 0 Å². The first-order valence-corrected chi connectivity index (χ1v) is 4.77. The Kier molecular flexibility index (Phi) is 2.23. The number of rotatable bonds is 1. The average molecular weight is 176 g/mol. The second-order valence-electron chi connectivity index (χ2n) is 2.41. The lowest BCUT2D eigenvalue weighted by molar-refractivity contribution is 1.47. The normalized spacial score (nSPS) is 18.8. The minimum atomic E-state index is 0.898. The molecule has 0 spiro atoms. The van der Waals surface area contributed by atoms with Crippen molar-refractivity contribution in [1.29, 1.82) is 0 Å². The van der Waals surface area contributed by atoms with Crippen LogP contribution in [0.2, 0.25) is 0 Å². The maximum atomic E-state index is 4.36. The highest BCUT2D eigenvalue weighted by atomic mass is 32.2. The molecule has 0 saturated carbocycles. The van der Waals surface area contributed by atoms with Crippen molar-refractivity contribution in [2.45, 2.75) is 0 Å². The second kappa shape index (κ2) is 3.54. The molecule has 0 amide bonds. The highest BCUT2D eigenvalue weighted by Crippen LogP contribution is 2.14. The zero-order valence-corrected chi connectivity index (χ0v) is 7.29. The molecule has 0 N–H and O–H groups in total. The minimum absolute atomic E-state index is 0.898. The van der Waals surface area contributed by atoms with Crippen molar-refractivity contribution in [2.24, 2.45) is 9.98 Å². The summed E-state index contributed by atoms with van der Waals surface area (Å²) in [5.74, 6) is 1.81. The topological polar surface area (TPSA) is 24.7 Å². The van der Waals surface area contributed by atoms with E-state index in [1.165, 1.54) is 0 Å². The fourth-order valence-corrected chi connectivity index (χ4v) is 1.52. The van der Waals surface area contributed by atoms with Crippen LogP contribution in [0.3, 0.4) is 0 Å². The van der Waals surface area contributed by atoms with Crippen LogP contribution in [0.25, 0.3) is 0 Å². The Morgan fingerprint density at radius 2 is 2.08 bits per heavy atom. The predicted octanol–water partition coefficient (Wildman–Crippen LogP) is 2.49. The van der Waals surface area contributed by atoms with E-state index in [1.54, 1.807) is 11.8 Å². The van der Waals surface area contributed by atoms with Crippen molar-refractivity contribution >= 4 is 28.8 Å². The first kappa shape index (κ1) is 7.55. The molecule has 0 radical (unpaired) electrons. The molecule has 0 saturated heterocycles. The summed E-state index contributed by atoms with van der Waals surface area (Å²) in [6.45, 7) is 0. The van der Waals surface area contributed by atoms with E-state index in [9.17, 15) is 0 Å². The number of nitrogens with zero attached hydrogens (tertiary/aromatic N) is 2. The van der Waals surface area contributed by atoms with Gasteiger partial charge < -0.3 is 0 Å². The molecule has 0 aliphatic carbocycles. The Morgan fingerprint density at radius 3 is 2.75 bits per heavy atom. The van der Waals surface area contributed by atoms with Gasteiger partial charge in [0.25, 0.3) is 0 Å². The molecule has 1 aromatic carbocycles. The number of thioether (sulfide) groups is 1. The Balaban J connectivity index is 2.22. The van der Waals surface area contributed by atoms with Gasteiger partial charge in [0.15, 0.2) is 0 Å². The number of benzene rings is 1. The molecule has 60 valence electrons. The first-order chi connectivity index (χ1) is 5.95. The first-order valence-electron chi connectivity index (χ1n) is 3.72. The summed E-state index contributed by atoms with van der Waals surface area (Å²) >= 11 is 1.68. The van der Waals surface area contributed by atoms with Crippen LogP contribution in [0.5, 0.6) is 0 Å². The molecule has 2 rings (SSSR count). The molecule has 0 fully saturated rings. The van der Waals surface area contributed by atoms with E-state index in [4.69, 9.17) is 0 Å². The average Bonchev–Trinajstić information content (AvgIpc) is 2.59. The van der Waals surface area contributed by atoms with E-state index >= 15 is 0 Å². The number of para-hydroxylation sites is 1. The van der Waals surface area contributed by atoms with E-state index in [-0.39, 0.29) is 0 Å². The lowest BCUT2D eigenvalue weighted by Crippen LogP contribution is -1.89. The zero-order valence-electron chi connectivity index (χ0n) is 6.47. The summed E-state index contributed by atoms with van der Waals surface area (Å²) in [5, 5.41) is 0. The van der Waals surface area contributed by atoms with Gasteiger partial charge in [-0.15, -0.1) is 11.8 Å². The van der Waals surface area contributed by atoms with Gasteiger partial charge in [-0.25, -0.2) is 9.98 Å².